The van der Waals surface area contributed by atoms with Gasteiger partial charge in [0.1, 0.15) is 5.82 Å². The molecule has 3 heteroatoms. The average molecular weight is 208 g/mol. The molecule has 0 bridgehead atoms. The van der Waals surface area contributed by atoms with Gasteiger partial charge in [0.15, 0.2) is 0 Å². The molecule has 1 saturated carbocycles. The van der Waals surface area contributed by atoms with Crippen molar-refractivity contribution in [2.24, 2.45) is 5.92 Å². The van der Waals surface area contributed by atoms with Crippen LogP contribution in [0.25, 0.3) is 0 Å². The minimum Gasteiger partial charge on any atom is -0.466 e. The maximum atomic E-state index is 12.9. The topological polar surface area (TPSA) is 26.3 Å². The van der Waals surface area contributed by atoms with E-state index in [9.17, 15) is 9.18 Å². The summed E-state index contributed by atoms with van der Waals surface area (Å²) in [5, 5.41) is 0. The van der Waals surface area contributed by atoms with Gasteiger partial charge in [-0.05, 0) is 37.0 Å². The number of ether oxygens (including phenoxy) is 1. The SMILES string of the molecule is CCOC(=O)C1CC1c1cccc(F)c1. The predicted molar refractivity (Wildman–Crippen MR) is 53.9 cm³/mol. The van der Waals surface area contributed by atoms with E-state index in [-0.39, 0.29) is 23.6 Å². The highest BCUT2D eigenvalue weighted by Crippen LogP contribution is 2.48. The molecule has 80 valence electrons. The zero-order chi connectivity index (χ0) is 10.8. The molecule has 2 unspecified atom stereocenters. The second kappa shape index (κ2) is 4.01. The number of benzene rings is 1. The van der Waals surface area contributed by atoms with Gasteiger partial charge in [-0.25, -0.2) is 4.39 Å². The molecule has 0 aromatic heterocycles. The molecule has 1 aliphatic carbocycles. The van der Waals surface area contributed by atoms with Crippen LogP contribution in [0.15, 0.2) is 24.3 Å². The molecule has 0 spiro atoms. The monoisotopic (exact) mass is 208 g/mol. The van der Waals surface area contributed by atoms with Gasteiger partial charge in [-0.2, -0.15) is 0 Å². The van der Waals surface area contributed by atoms with Crippen molar-refractivity contribution in [3.8, 4) is 0 Å². The van der Waals surface area contributed by atoms with Crippen molar-refractivity contribution in [1.82, 2.24) is 0 Å². The standard InChI is InChI=1S/C12H13FO2/c1-2-15-12(14)11-7-10(11)8-4-3-5-9(13)6-8/h3-6,10-11H,2,7H2,1H3. The molecule has 15 heavy (non-hydrogen) atoms. The lowest BCUT2D eigenvalue weighted by molar-refractivity contribution is -0.144. The predicted octanol–water partition coefficient (Wildman–Crippen LogP) is 2.49. The fourth-order valence-corrected chi connectivity index (χ4v) is 1.81. The van der Waals surface area contributed by atoms with Crippen molar-refractivity contribution in [2.45, 2.75) is 19.3 Å². The molecule has 0 saturated heterocycles. The molecule has 0 aliphatic heterocycles. The second-order valence-electron chi connectivity index (χ2n) is 3.76. The van der Waals surface area contributed by atoms with Gasteiger partial charge < -0.3 is 4.74 Å². The van der Waals surface area contributed by atoms with Crippen LogP contribution in [0.5, 0.6) is 0 Å². The summed E-state index contributed by atoms with van der Waals surface area (Å²) >= 11 is 0. The maximum absolute atomic E-state index is 12.9. The molecule has 1 aliphatic rings. The van der Waals surface area contributed by atoms with Crippen LogP contribution in [0.4, 0.5) is 4.39 Å². The Morgan fingerprint density at radius 1 is 1.60 bits per heavy atom. The van der Waals surface area contributed by atoms with E-state index in [1.807, 2.05) is 6.07 Å². The molecule has 2 atom stereocenters. The van der Waals surface area contributed by atoms with E-state index < -0.39 is 0 Å². The minimum atomic E-state index is -0.248. The molecule has 1 fully saturated rings. The van der Waals surface area contributed by atoms with Crippen molar-refractivity contribution in [3.05, 3.63) is 35.6 Å². The Bertz CT molecular complexity index is 376. The smallest absolute Gasteiger partial charge is 0.309 e. The second-order valence-corrected chi connectivity index (χ2v) is 3.76. The van der Waals surface area contributed by atoms with E-state index in [2.05, 4.69) is 0 Å². The fourth-order valence-electron chi connectivity index (χ4n) is 1.81. The summed E-state index contributed by atoms with van der Waals surface area (Å²) in [6.07, 6.45) is 0.780. The van der Waals surface area contributed by atoms with Crippen molar-refractivity contribution in [3.63, 3.8) is 0 Å². The van der Waals surface area contributed by atoms with Crippen LogP contribution >= 0.6 is 0 Å². The van der Waals surface area contributed by atoms with Crippen LogP contribution in [0, 0.1) is 11.7 Å². The number of hydrogen-bond acceptors (Lipinski definition) is 2. The van der Waals surface area contributed by atoms with Crippen molar-refractivity contribution in [2.75, 3.05) is 6.61 Å². The minimum absolute atomic E-state index is 0.0632. The molecule has 0 amide bonds. The summed E-state index contributed by atoms with van der Waals surface area (Å²) < 4.78 is 17.8. The quantitative estimate of drug-likeness (QED) is 0.713. The molecule has 2 rings (SSSR count). The van der Waals surface area contributed by atoms with Gasteiger partial charge >= 0.3 is 5.97 Å². The highest BCUT2D eigenvalue weighted by molar-refractivity contribution is 5.77. The number of hydrogen-bond donors (Lipinski definition) is 0. The van der Waals surface area contributed by atoms with Gasteiger partial charge in [0, 0.05) is 0 Å². The molecule has 1 aromatic carbocycles. The molecule has 1 aromatic rings. The van der Waals surface area contributed by atoms with E-state index in [4.69, 9.17) is 4.74 Å². The Kier molecular flexibility index (Phi) is 2.71. The van der Waals surface area contributed by atoms with Crippen LogP contribution < -0.4 is 0 Å². The zero-order valence-electron chi connectivity index (χ0n) is 8.57. The fraction of sp³-hybridized carbons (Fsp3) is 0.417. The highest BCUT2D eigenvalue weighted by atomic mass is 19.1. The number of carbonyl (C=O) groups excluding carboxylic acids is 1. The Morgan fingerprint density at radius 2 is 2.40 bits per heavy atom. The number of esters is 1. The van der Waals surface area contributed by atoms with Crippen LogP contribution in [0.2, 0.25) is 0 Å². The normalized spacial score (nSPS) is 23.6. The summed E-state index contributed by atoms with van der Waals surface area (Å²) in [6.45, 7) is 2.20. The third-order valence-corrected chi connectivity index (χ3v) is 2.66. The lowest BCUT2D eigenvalue weighted by atomic mass is 10.1. The largest absolute Gasteiger partial charge is 0.466 e. The molecule has 0 heterocycles. The van der Waals surface area contributed by atoms with Gasteiger partial charge in [-0.15, -0.1) is 0 Å². The van der Waals surface area contributed by atoms with E-state index in [1.54, 1.807) is 13.0 Å². The first-order valence-corrected chi connectivity index (χ1v) is 5.14. The molecular weight excluding hydrogens is 195 g/mol. The summed E-state index contributed by atoms with van der Waals surface area (Å²) in [7, 11) is 0. The first kappa shape index (κ1) is 10.1. The summed E-state index contributed by atoms with van der Waals surface area (Å²) in [6, 6.07) is 6.42. The number of halogens is 1. The maximum Gasteiger partial charge on any atom is 0.309 e. The number of carbonyl (C=O) groups is 1. The summed E-state index contributed by atoms with van der Waals surface area (Å²) in [5.74, 6) is -0.319. The lowest BCUT2D eigenvalue weighted by Gasteiger charge is -2.01. The van der Waals surface area contributed by atoms with Crippen molar-refractivity contribution >= 4 is 5.97 Å². The van der Waals surface area contributed by atoms with E-state index in [0.29, 0.717) is 6.61 Å². The Balaban J connectivity index is 2.01. The van der Waals surface area contributed by atoms with Gasteiger partial charge in [0.05, 0.1) is 12.5 Å². The van der Waals surface area contributed by atoms with Gasteiger partial charge in [-0.1, -0.05) is 12.1 Å². The zero-order valence-corrected chi connectivity index (χ0v) is 8.57. The number of rotatable bonds is 3. The Labute approximate surface area is 88.1 Å². The van der Waals surface area contributed by atoms with Crippen molar-refractivity contribution < 1.29 is 13.9 Å². The van der Waals surface area contributed by atoms with Crippen LogP contribution in [-0.2, 0) is 9.53 Å². The lowest BCUT2D eigenvalue weighted by Crippen LogP contribution is -2.07. The van der Waals surface area contributed by atoms with Crippen molar-refractivity contribution in [1.29, 1.82) is 0 Å². The summed E-state index contributed by atoms with van der Waals surface area (Å²) in [5.41, 5.74) is 0.896. The van der Waals surface area contributed by atoms with E-state index >= 15 is 0 Å². The van der Waals surface area contributed by atoms with E-state index in [0.717, 1.165) is 12.0 Å². The van der Waals surface area contributed by atoms with Gasteiger partial charge in [-0.3, -0.25) is 4.79 Å². The average Bonchev–Trinajstić information content (AvgIpc) is 2.97. The molecule has 0 radical (unpaired) electrons. The molecule has 0 N–H and O–H groups in total. The Hall–Kier alpha value is -1.38. The third-order valence-electron chi connectivity index (χ3n) is 2.66. The Morgan fingerprint density at radius 3 is 3.07 bits per heavy atom. The first-order valence-electron chi connectivity index (χ1n) is 5.14. The van der Waals surface area contributed by atoms with Crippen LogP contribution in [0.3, 0.4) is 0 Å². The van der Waals surface area contributed by atoms with E-state index in [1.165, 1.54) is 12.1 Å². The summed E-state index contributed by atoms with van der Waals surface area (Å²) in [4.78, 5) is 11.4. The highest BCUT2D eigenvalue weighted by Gasteiger charge is 2.45. The first-order chi connectivity index (χ1) is 7.22. The third kappa shape index (κ3) is 2.17. The van der Waals surface area contributed by atoms with Crippen LogP contribution in [0.1, 0.15) is 24.8 Å². The van der Waals surface area contributed by atoms with Gasteiger partial charge in [0.2, 0.25) is 0 Å². The molecular formula is C12H13FO2. The molecule has 2 nitrogen and oxygen atoms in total. The van der Waals surface area contributed by atoms with Gasteiger partial charge in [0.25, 0.3) is 0 Å². The van der Waals surface area contributed by atoms with Crippen LogP contribution in [-0.4, -0.2) is 12.6 Å².